The second-order valence-corrected chi connectivity index (χ2v) is 6.18. The molecule has 0 atom stereocenters. The first-order valence-electron chi connectivity index (χ1n) is 6.95. The molecule has 0 aliphatic rings. The molecular formula is C14H16N4O5S. The highest BCUT2D eigenvalue weighted by Gasteiger charge is 2.27. The summed E-state index contributed by atoms with van der Waals surface area (Å²) in [5, 5.41) is 7.83. The first kappa shape index (κ1) is 17.5. The van der Waals surface area contributed by atoms with Gasteiger partial charge in [0.05, 0.1) is 24.1 Å². The van der Waals surface area contributed by atoms with Crippen molar-refractivity contribution >= 4 is 27.6 Å². The van der Waals surface area contributed by atoms with E-state index in [1.807, 2.05) is 0 Å². The number of anilines is 1. The van der Waals surface area contributed by atoms with Crippen LogP contribution in [0, 0.1) is 0 Å². The van der Waals surface area contributed by atoms with Crippen molar-refractivity contribution in [2.75, 3.05) is 18.4 Å². The number of rotatable bonds is 6. The van der Waals surface area contributed by atoms with Gasteiger partial charge in [-0.1, -0.05) is 12.1 Å². The van der Waals surface area contributed by atoms with Gasteiger partial charge in [0.2, 0.25) is 0 Å². The van der Waals surface area contributed by atoms with Crippen LogP contribution in [0.5, 0.6) is 0 Å². The maximum absolute atomic E-state index is 12.5. The van der Waals surface area contributed by atoms with Gasteiger partial charge in [-0.2, -0.15) is 13.5 Å². The number of nitrogens with zero attached hydrogens (tertiary/aromatic N) is 1. The van der Waals surface area contributed by atoms with Crippen LogP contribution in [0.2, 0.25) is 0 Å². The summed E-state index contributed by atoms with van der Waals surface area (Å²) in [7, 11) is -2.75. The number of hydrogen-bond donors (Lipinski definition) is 3. The number of sulfonamides is 1. The van der Waals surface area contributed by atoms with Crippen molar-refractivity contribution in [2.45, 2.75) is 11.9 Å². The second-order valence-electron chi connectivity index (χ2n) is 4.56. The average molecular weight is 352 g/mol. The smallest absolute Gasteiger partial charge is 0.342 e. The molecular weight excluding hydrogens is 336 g/mol. The Bertz CT molecular complexity index is 860. The molecule has 0 saturated carbocycles. The Labute approximate surface area is 138 Å². The number of hydrogen-bond acceptors (Lipinski definition) is 6. The molecule has 128 valence electrons. The third-order valence-corrected chi connectivity index (χ3v) is 4.35. The minimum absolute atomic E-state index is 0.0706. The van der Waals surface area contributed by atoms with Gasteiger partial charge in [-0.25, -0.2) is 4.79 Å². The Kier molecular flexibility index (Phi) is 5.19. The number of benzene rings is 1. The normalized spacial score (nSPS) is 10.9. The van der Waals surface area contributed by atoms with E-state index in [2.05, 4.69) is 20.2 Å². The van der Waals surface area contributed by atoms with Gasteiger partial charge in [0, 0.05) is 7.05 Å². The van der Waals surface area contributed by atoms with Gasteiger partial charge in [0.25, 0.3) is 15.9 Å². The third kappa shape index (κ3) is 3.54. The van der Waals surface area contributed by atoms with Crippen LogP contribution in [-0.2, 0) is 14.8 Å². The largest absolute Gasteiger partial charge is 0.462 e. The highest BCUT2D eigenvalue weighted by molar-refractivity contribution is 7.92. The molecule has 0 radical (unpaired) electrons. The number of aromatic nitrogens is 2. The molecule has 0 bridgehead atoms. The van der Waals surface area contributed by atoms with Crippen molar-refractivity contribution in [3.8, 4) is 0 Å². The number of aromatic amines is 1. The summed E-state index contributed by atoms with van der Waals surface area (Å²) in [4.78, 5) is 23.6. The third-order valence-electron chi connectivity index (χ3n) is 3.01. The van der Waals surface area contributed by atoms with Crippen molar-refractivity contribution in [1.29, 1.82) is 0 Å². The molecule has 10 heteroatoms. The molecule has 0 spiro atoms. The molecule has 24 heavy (non-hydrogen) atoms. The predicted octanol–water partition coefficient (Wildman–Crippen LogP) is 0.747. The van der Waals surface area contributed by atoms with Crippen LogP contribution in [-0.4, -0.2) is 44.1 Å². The van der Waals surface area contributed by atoms with Gasteiger partial charge in [0.15, 0.2) is 5.03 Å². The van der Waals surface area contributed by atoms with Gasteiger partial charge >= 0.3 is 5.97 Å². The molecule has 0 aliphatic heterocycles. The second kappa shape index (κ2) is 7.13. The number of H-pyrrole nitrogens is 1. The molecule has 1 amide bonds. The minimum atomic E-state index is -4.18. The van der Waals surface area contributed by atoms with E-state index >= 15 is 0 Å². The summed E-state index contributed by atoms with van der Waals surface area (Å²) in [6.07, 6.45) is 1.07. The fourth-order valence-electron chi connectivity index (χ4n) is 1.93. The molecule has 1 heterocycles. The Balaban J connectivity index is 2.39. The van der Waals surface area contributed by atoms with Crippen LogP contribution < -0.4 is 10.0 Å². The van der Waals surface area contributed by atoms with E-state index in [1.165, 1.54) is 19.2 Å². The van der Waals surface area contributed by atoms with Crippen molar-refractivity contribution in [3.05, 3.63) is 41.6 Å². The standard InChI is InChI=1S/C14H16N4O5S/c1-3-23-14(20)10-8-16-17-13(10)24(21,22)18-11-7-5-4-6-9(11)12(19)15-2/h4-8,18H,3H2,1-2H3,(H,15,19)(H,16,17). The monoisotopic (exact) mass is 352 g/mol. The maximum atomic E-state index is 12.5. The van der Waals surface area contributed by atoms with Crippen LogP contribution >= 0.6 is 0 Å². The van der Waals surface area contributed by atoms with Crippen LogP contribution in [0.4, 0.5) is 5.69 Å². The van der Waals surface area contributed by atoms with E-state index in [9.17, 15) is 18.0 Å². The number of carbonyl (C=O) groups is 2. The van der Waals surface area contributed by atoms with Gasteiger partial charge in [-0.3, -0.25) is 14.6 Å². The van der Waals surface area contributed by atoms with Gasteiger partial charge in [0.1, 0.15) is 5.56 Å². The Morgan fingerprint density at radius 1 is 1.25 bits per heavy atom. The molecule has 3 N–H and O–H groups in total. The zero-order valence-electron chi connectivity index (χ0n) is 13.0. The molecule has 0 saturated heterocycles. The summed E-state index contributed by atoms with van der Waals surface area (Å²) in [6, 6.07) is 6.07. The summed E-state index contributed by atoms with van der Waals surface area (Å²) < 4.78 is 32.1. The Morgan fingerprint density at radius 2 is 1.96 bits per heavy atom. The van der Waals surface area contributed by atoms with E-state index in [0.717, 1.165) is 6.20 Å². The van der Waals surface area contributed by atoms with E-state index in [1.54, 1.807) is 19.1 Å². The zero-order valence-corrected chi connectivity index (χ0v) is 13.8. The van der Waals surface area contributed by atoms with Crippen LogP contribution in [0.25, 0.3) is 0 Å². The van der Waals surface area contributed by atoms with Gasteiger partial charge in [-0.15, -0.1) is 0 Å². The first-order valence-corrected chi connectivity index (χ1v) is 8.43. The van der Waals surface area contributed by atoms with Gasteiger partial charge < -0.3 is 10.1 Å². The number of nitrogens with one attached hydrogen (secondary N) is 3. The lowest BCUT2D eigenvalue weighted by Gasteiger charge is -2.11. The number of para-hydroxylation sites is 1. The predicted molar refractivity (Wildman–Crippen MR) is 85.2 cm³/mol. The van der Waals surface area contributed by atoms with E-state index < -0.39 is 26.9 Å². The lowest BCUT2D eigenvalue weighted by atomic mass is 10.2. The quantitative estimate of drug-likeness (QED) is 0.658. The molecule has 0 unspecified atom stereocenters. The van der Waals surface area contributed by atoms with Crippen LogP contribution in [0.3, 0.4) is 0 Å². The zero-order chi connectivity index (χ0) is 17.7. The van der Waals surface area contributed by atoms with Crippen LogP contribution in [0.1, 0.15) is 27.6 Å². The maximum Gasteiger partial charge on any atom is 0.342 e. The SMILES string of the molecule is CCOC(=O)c1cn[nH]c1S(=O)(=O)Nc1ccccc1C(=O)NC. The number of amides is 1. The first-order chi connectivity index (χ1) is 11.4. The lowest BCUT2D eigenvalue weighted by Crippen LogP contribution is -2.22. The topological polar surface area (TPSA) is 130 Å². The van der Waals surface area contributed by atoms with Crippen molar-refractivity contribution in [2.24, 2.45) is 0 Å². The number of esters is 1. The van der Waals surface area contributed by atoms with E-state index in [-0.39, 0.29) is 23.4 Å². The summed E-state index contributed by atoms with van der Waals surface area (Å²) in [5.41, 5.74) is -0.0104. The summed E-state index contributed by atoms with van der Waals surface area (Å²) in [5.74, 6) is -1.27. The molecule has 2 rings (SSSR count). The Hall–Kier alpha value is -2.88. The fourth-order valence-corrected chi connectivity index (χ4v) is 3.10. The molecule has 9 nitrogen and oxygen atoms in total. The molecule has 0 aliphatic carbocycles. The lowest BCUT2D eigenvalue weighted by molar-refractivity contribution is 0.0521. The summed E-state index contributed by atoms with van der Waals surface area (Å²) in [6.45, 7) is 1.69. The van der Waals surface area contributed by atoms with Crippen molar-refractivity contribution in [3.63, 3.8) is 0 Å². The molecule has 2 aromatic rings. The van der Waals surface area contributed by atoms with Crippen LogP contribution in [0.15, 0.2) is 35.5 Å². The molecule has 1 aromatic heterocycles. The fraction of sp³-hybridized carbons (Fsp3) is 0.214. The van der Waals surface area contributed by atoms with Gasteiger partial charge in [-0.05, 0) is 19.1 Å². The average Bonchev–Trinajstić information content (AvgIpc) is 3.05. The van der Waals surface area contributed by atoms with E-state index in [0.29, 0.717) is 0 Å². The Morgan fingerprint density at radius 3 is 2.62 bits per heavy atom. The number of ether oxygens (including phenoxy) is 1. The van der Waals surface area contributed by atoms with Crippen molar-refractivity contribution < 1.29 is 22.7 Å². The molecule has 0 fully saturated rings. The van der Waals surface area contributed by atoms with Crippen molar-refractivity contribution in [1.82, 2.24) is 15.5 Å². The highest BCUT2D eigenvalue weighted by Crippen LogP contribution is 2.21. The summed E-state index contributed by atoms with van der Waals surface area (Å²) >= 11 is 0. The number of carbonyl (C=O) groups excluding carboxylic acids is 2. The highest BCUT2D eigenvalue weighted by atomic mass is 32.2. The molecule has 1 aromatic carbocycles. The minimum Gasteiger partial charge on any atom is -0.462 e. The van der Waals surface area contributed by atoms with E-state index in [4.69, 9.17) is 4.74 Å².